The molecule has 3 nitrogen and oxygen atoms in total. The van der Waals surface area contributed by atoms with Crippen LogP contribution in [0.2, 0.25) is 5.02 Å². The van der Waals surface area contributed by atoms with E-state index in [1.54, 1.807) is 11.8 Å². The van der Waals surface area contributed by atoms with Gasteiger partial charge in [0.15, 0.2) is 0 Å². The van der Waals surface area contributed by atoms with Crippen LogP contribution in [-0.4, -0.2) is 42.2 Å². The zero-order valence-corrected chi connectivity index (χ0v) is 16.2. The number of thioether (sulfide) groups is 1. The molecule has 1 saturated heterocycles. The Morgan fingerprint density at radius 2 is 1.76 bits per heavy atom. The second-order valence-electron chi connectivity index (χ2n) is 6.37. The van der Waals surface area contributed by atoms with Crippen molar-refractivity contribution in [3.63, 3.8) is 0 Å². The van der Waals surface area contributed by atoms with E-state index in [4.69, 9.17) is 11.6 Å². The lowest BCUT2D eigenvalue weighted by Gasteiger charge is -2.37. The van der Waals surface area contributed by atoms with Gasteiger partial charge in [0.2, 0.25) is 5.91 Å². The minimum absolute atomic E-state index is 0.0691. The third kappa shape index (κ3) is 4.71. The molecule has 1 aliphatic heterocycles. The Kier molecular flexibility index (Phi) is 5.92. The fourth-order valence-electron chi connectivity index (χ4n) is 2.99. The van der Waals surface area contributed by atoms with Gasteiger partial charge in [0.25, 0.3) is 0 Å². The number of halogens is 1. The van der Waals surface area contributed by atoms with Gasteiger partial charge in [-0.3, -0.25) is 4.79 Å². The van der Waals surface area contributed by atoms with E-state index in [9.17, 15) is 4.79 Å². The third-order valence-electron chi connectivity index (χ3n) is 4.45. The normalized spacial score (nSPS) is 16.0. The van der Waals surface area contributed by atoms with E-state index in [0.717, 1.165) is 41.8 Å². The Morgan fingerprint density at radius 1 is 1.08 bits per heavy atom. The number of amides is 1. The number of benzene rings is 2. The molecular formula is C20H23ClN2OS. The number of carbonyl (C=O) groups excluding carboxylic acids is 1. The Morgan fingerprint density at radius 3 is 2.40 bits per heavy atom. The van der Waals surface area contributed by atoms with Crippen molar-refractivity contribution in [2.24, 2.45) is 0 Å². The fourth-order valence-corrected chi connectivity index (χ4v) is 4.12. The molecule has 0 aromatic heterocycles. The topological polar surface area (TPSA) is 23.6 Å². The smallest absolute Gasteiger partial charge is 0.235 e. The highest BCUT2D eigenvalue weighted by molar-refractivity contribution is 8.00. The number of carbonyl (C=O) groups is 1. The molecule has 0 N–H and O–H groups in total. The molecule has 1 unspecified atom stereocenters. The van der Waals surface area contributed by atoms with Crippen LogP contribution in [0.1, 0.15) is 12.5 Å². The van der Waals surface area contributed by atoms with Crippen molar-refractivity contribution in [1.82, 2.24) is 4.90 Å². The van der Waals surface area contributed by atoms with Crippen LogP contribution in [0.15, 0.2) is 53.4 Å². The van der Waals surface area contributed by atoms with E-state index in [-0.39, 0.29) is 11.2 Å². The zero-order valence-electron chi connectivity index (χ0n) is 14.6. The predicted molar refractivity (Wildman–Crippen MR) is 107 cm³/mol. The van der Waals surface area contributed by atoms with Gasteiger partial charge in [0.05, 0.1) is 5.25 Å². The molecule has 1 fully saturated rings. The van der Waals surface area contributed by atoms with Gasteiger partial charge in [-0.2, -0.15) is 0 Å². The molecule has 0 radical (unpaired) electrons. The number of hydrogen-bond donors (Lipinski definition) is 0. The summed E-state index contributed by atoms with van der Waals surface area (Å²) in [6.45, 7) is 7.26. The van der Waals surface area contributed by atoms with E-state index in [1.807, 2.05) is 30.0 Å². The fraction of sp³-hybridized carbons (Fsp3) is 0.350. The highest BCUT2D eigenvalue weighted by atomic mass is 35.5. The highest BCUT2D eigenvalue weighted by Crippen LogP contribution is 2.26. The predicted octanol–water partition coefficient (Wildman–Crippen LogP) is 4.48. The maximum absolute atomic E-state index is 12.7. The van der Waals surface area contributed by atoms with Gasteiger partial charge in [0, 0.05) is 41.8 Å². The van der Waals surface area contributed by atoms with Crippen LogP contribution in [0.25, 0.3) is 0 Å². The molecule has 2 aromatic carbocycles. The molecule has 1 amide bonds. The van der Waals surface area contributed by atoms with Crippen LogP contribution in [0.5, 0.6) is 0 Å². The van der Waals surface area contributed by atoms with Crippen molar-refractivity contribution in [3.05, 3.63) is 59.1 Å². The molecule has 0 aliphatic carbocycles. The number of hydrogen-bond acceptors (Lipinski definition) is 3. The van der Waals surface area contributed by atoms with Gasteiger partial charge in [0.1, 0.15) is 0 Å². The minimum atomic E-state index is -0.0691. The molecule has 132 valence electrons. The SMILES string of the molecule is Cc1ccc(SC(C)C(=O)N2CCN(c3cccc(Cl)c3)CC2)cc1. The molecular weight excluding hydrogens is 352 g/mol. The van der Waals surface area contributed by atoms with Crippen LogP contribution in [0.4, 0.5) is 5.69 Å². The van der Waals surface area contributed by atoms with Gasteiger partial charge in [-0.15, -0.1) is 11.8 Å². The largest absolute Gasteiger partial charge is 0.368 e. The number of aryl methyl sites for hydroxylation is 1. The molecule has 0 saturated carbocycles. The van der Waals surface area contributed by atoms with Crippen LogP contribution >= 0.6 is 23.4 Å². The molecule has 1 aliphatic rings. The van der Waals surface area contributed by atoms with Crippen molar-refractivity contribution in [2.45, 2.75) is 24.0 Å². The van der Waals surface area contributed by atoms with Gasteiger partial charge >= 0.3 is 0 Å². The monoisotopic (exact) mass is 374 g/mol. The maximum Gasteiger partial charge on any atom is 0.235 e. The van der Waals surface area contributed by atoms with E-state index in [1.165, 1.54) is 5.56 Å². The molecule has 0 bridgehead atoms. The number of anilines is 1. The van der Waals surface area contributed by atoms with Crippen molar-refractivity contribution in [2.75, 3.05) is 31.1 Å². The van der Waals surface area contributed by atoms with Crippen LogP contribution in [0, 0.1) is 6.92 Å². The standard InChI is InChI=1S/C20H23ClN2OS/c1-15-6-8-19(9-7-15)25-16(2)20(24)23-12-10-22(11-13-23)18-5-3-4-17(21)14-18/h3-9,14,16H,10-13H2,1-2H3. The summed E-state index contributed by atoms with van der Waals surface area (Å²) in [6.07, 6.45) is 0. The summed E-state index contributed by atoms with van der Waals surface area (Å²) in [5.74, 6) is 0.219. The molecule has 3 rings (SSSR count). The van der Waals surface area contributed by atoms with Crippen molar-refractivity contribution in [1.29, 1.82) is 0 Å². The van der Waals surface area contributed by atoms with E-state index in [0.29, 0.717) is 0 Å². The molecule has 0 spiro atoms. The Bertz CT molecular complexity index is 727. The molecule has 1 atom stereocenters. The summed E-state index contributed by atoms with van der Waals surface area (Å²) in [5, 5.41) is 0.680. The van der Waals surface area contributed by atoms with Crippen molar-refractivity contribution in [3.8, 4) is 0 Å². The van der Waals surface area contributed by atoms with Crippen molar-refractivity contribution >= 4 is 35.0 Å². The molecule has 5 heteroatoms. The van der Waals surface area contributed by atoms with Crippen LogP contribution < -0.4 is 4.90 Å². The second-order valence-corrected chi connectivity index (χ2v) is 8.22. The average Bonchev–Trinajstić information content (AvgIpc) is 2.63. The first kappa shape index (κ1) is 18.2. The van der Waals surface area contributed by atoms with Crippen molar-refractivity contribution < 1.29 is 4.79 Å². The van der Waals surface area contributed by atoms with Gasteiger partial charge in [-0.25, -0.2) is 0 Å². The van der Waals surface area contributed by atoms with E-state index in [2.05, 4.69) is 42.2 Å². The highest BCUT2D eigenvalue weighted by Gasteiger charge is 2.25. The Labute approximate surface area is 159 Å². The van der Waals surface area contributed by atoms with E-state index >= 15 is 0 Å². The lowest BCUT2D eigenvalue weighted by atomic mass is 10.2. The Balaban J connectivity index is 1.54. The summed E-state index contributed by atoms with van der Waals surface area (Å²) in [7, 11) is 0. The molecule has 1 heterocycles. The van der Waals surface area contributed by atoms with Gasteiger partial charge < -0.3 is 9.80 Å². The summed E-state index contributed by atoms with van der Waals surface area (Å²) in [5.41, 5.74) is 2.36. The van der Waals surface area contributed by atoms with Crippen LogP contribution in [-0.2, 0) is 4.79 Å². The minimum Gasteiger partial charge on any atom is -0.368 e. The third-order valence-corrected chi connectivity index (χ3v) is 5.78. The lowest BCUT2D eigenvalue weighted by Crippen LogP contribution is -2.50. The summed E-state index contributed by atoms with van der Waals surface area (Å²) >= 11 is 7.71. The number of rotatable bonds is 4. The zero-order chi connectivity index (χ0) is 17.8. The quantitative estimate of drug-likeness (QED) is 0.737. The second kappa shape index (κ2) is 8.15. The molecule has 25 heavy (non-hydrogen) atoms. The first-order valence-corrected chi connectivity index (χ1v) is 9.81. The van der Waals surface area contributed by atoms with Gasteiger partial charge in [-0.1, -0.05) is 35.4 Å². The lowest BCUT2D eigenvalue weighted by molar-refractivity contribution is -0.130. The number of piperazine rings is 1. The Hall–Kier alpha value is -1.65. The summed E-state index contributed by atoms with van der Waals surface area (Å²) in [6, 6.07) is 16.2. The first-order valence-electron chi connectivity index (χ1n) is 8.55. The van der Waals surface area contributed by atoms with Gasteiger partial charge in [-0.05, 0) is 44.2 Å². The summed E-state index contributed by atoms with van der Waals surface area (Å²) in [4.78, 5) is 18.1. The molecule has 2 aromatic rings. The first-order chi connectivity index (χ1) is 12.0. The van der Waals surface area contributed by atoms with E-state index < -0.39 is 0 Å². The number of nitrogens with zero attached hydrogens (tertiary/aromatic N) is 2. The maximum atomic E-state index is 12.7. The average molecular weight is 375 g/mol. The summed E-state index contributed by atoms with van der Waals surface area (Å²) < 4.78 is 0. The van der Waals surface area contributed by atoms with Crippen LogP contribution in [0.3, 0.4) is 0 Å².